The van der Waals surface area contributed by atoms with Crippen molar-refractivity contribution in [1.29, 1.82) is 0 Å². The van der Waals surface area contributed by atoms with Crippen LogP contribution in [0.1, 0.15) is 19.8 Å². The molecule has 0 spiro atoms. The van der Waals surface area contributed by atoms with Crippen LogP contribution >= 0.6 is 15.9 Å². The Morgan fingerprint density at radius 1 is 1.41 bits per heavy atom. The minimum atomic E-state index is 0.0384. The van der Waals surface area contributed by atoms with E-state index in [0.29, 0.717) is 0 Å². The number of hydrogen-bond donors (Lipinski definition) is 2. The summed E-state index contributed by atoms with van der Waals surface area (Å²) in [5.41, 5.74) is 0.856. The Kier molecular flexibility index (Phi) is 4.18. The van der Waals surface area contributed by atoms with Crippen LogP contribution in [-0.2, 0) is 4.79 Å². The second kappa shape index (κ2) is 5.65. The molecule has 1 aromatic rings. The van der Waals surface area contributed by atoms with E-state index in [1.165, 1.54) is 17.7 Å². The van der Waals surface area contributed by atoms with Crippen molar-refractivity contribution in [2.24, 2.45) is 0 Å². The first-order valence-corrected chi connectivity index (χ1v) is 6.87. The van der Waals surface area contributed by atoms with Crippen LogP contribution in [0.25, 0.3) is 0 Å². The Labute approximate surface area is 110 Å². The second-order valence-corrected chi connectivity index (χ2v) is 5.50. The molecule has 2 N–H and O–H groups in total. The van der Waals surface area contributed by atoms with Crippen LogP contribution in [0.4, 0.5) is 5.69 Å². The Morgan fingerprint density at radius 2 is 2.12 bits per heavy atom. The average molecular weight is 298 g/mol. The number of nitrogens with one attached hydrogen (secondary N) is 2. The molecule has 0 unspecified atom stereocenters. The fourth-order valence-corrected chi connectivity index (χ4v) is 2.66. The fourth-order valence-electron chi connectivity index (χ4n) is 2.26. The van der Waals surface area contributed by atoms with Gasteiger partial charge in [0.25, 0.3) is 5.91 Å². The first-order valence-electron chi connectivity index (χ1n) is 6.08. The van der Waals surface area contributed by atoms with Crippen LogP contribution in [0.5, 0.6) is 0 Å². The molecular formula is C13H18BrN2O+. The summed E-state index contributed by atoms with van der Waals surface area (Å²) in [5.74, 6) is 0.111. The van der Waals surface area contributed by atoms with Gasteiger partial charge in [0.2, 0.25) is 0 Å². The number of quaternary nitrogens is 1. The molecule has 0 aromatic heterocycles. The third-order valence-corrected chi connectivity index (χ3v) is 3.84. The van der Waals surface area contributed by atoms with Crippen molar-refractivity contribution < 1.29 is 9.69 Å². The van der Waals surface area contributed by atoms with E-state index in [1.807, 2.05) is 31.2 Å². The number of likely N-dealkylation sites (tertiary alicyclic amines) is 1. The van der Waals surface area contributed by atoms with E-state index in [0.717, 1.165) is 23.2 Å². The normalized spacial score (nSPS) is 18.0. The topological polar surface area (TPSA) is 33.5 Å². The van der Waals surface area contributed by atoms with Crippen LogP contribution in [0.3, 0.4) is 0 Å². The minimum Gasteiger partial charge on any atom is -0.325 e. The lowest BCUT2D eigenvalue weighted by Crippen LogP contribution is -3.14. The molecule has 0 radical (unpaired) electrons. The SMILES string of the molecule is C[C@H](C(=O)Nc1cccc(Br)c1)[NH+]1CCCC1. The highest BCUT2D eigenvalue weighted by molar-refractivity contribution is 9.10. The largest absolute Gasteiger partial charge is 0.325 e. The summed E-state index contributed by atoms with van der Waals surface area (Å²) >= 11 is 3.40. The van der Waals surface area contributed by atoms with E-state index in [1.54, 1.807) is 0 Å². The molecule has 1 aliphatic rings. The van der Waals surface area contributed by atoms with E-state index in [4.69, 9.17) is 0 Å². The Balaban J connectivity index is 1.96. The van der Waals surface area contributed by atoms with Crippen LogP contribution in [0.15, 0.2) is 28.7 Å². The van der Waals surface area contributed by atoms with Crippen molar-refractivity contribution in [2.75, 3.05) is 18.4 Å². The maximum atomic E-state index is 12.1. The molecule has 3 nitrogen and oxygen atoms in total. The van der Waals surface area contributed by atoms with Gasteiger partial charge in [-0.2, -0.15) is 0 Å². The monoisotopic (exact) mass is 297 g/mol. The van der Waals surface area contributed by atoms with Crippen LogP contribution in [0, 0.1) is 0 Å². The molecule has 1 amide bonds. The molecule has 1 aromatic carbocycles. The molecule has 92 valence electrons. The number of carbonyl (C=O) groups is 1. The van der Waals surface area contributed by atoms with Crippen LogP contribution < -0.4 is 10.2 Å². The maximum Gasteiger partial charge on any atom is 0.282 e. The first-order chi connectivity index (χ1) is 8.16. The number of benzene rings is 1. The van der Waals surface area contributed by atoms with E-state index in [-0.39, 0.29) is 11.9 Å². The minimum absolute atomic E-state index is 0.0384. The van der Waals surface area contributed by atoms with Crippen molar-refractivity contribution in [3.05, 3.63) is 28.7 Å². The van der Waals surface area contributed by atoms with Gasteiger partial charge in [0.1, 0.15) is 0 Å². The van der Waals surface area contributed by atoms with E-state index in [2.05, 4.69) is 21.2 Å². The lowest BCUT2D eigenvalue weighted by atomic mass is 10.2. The van der Waals surface area contributed by atoms with Gasteiger partial charge in [-0.25, -0.2) is 0 Å². The highest BCUT2D eigenvalue weighted by atomic mass is 79.9. The summed E-state index contributed by atoms with van der Waals surface area (Å²) < 4.78 is 0.983. The van der Waals surface area contributed by atoms with Crippen molar-refractivity contribution in [1.82, 2.24) is 0 Å². The van der Waals surface area contributed by atoms with Crippen molar-refractivity contribution >= 4 is 27.5 Å². The second-order valence-electron chi connectivity index (χ2n) is 4.59. The zero-order valence-corrected chi connectivity index (χ0v) is 11.6. The van der Waals surface area contributed by atoms with Gasteiger partial charge in [-0.15, -0.1) is 0 Å². The lowest BCUT2D eigenvalue weighted by molar-refractivity contribution is -0.901. The van der Waals surface area contributed by atoms with Crippen molar-refractivity contribution in [2.45, 2.75) is 25.8 Å². The molecular weight excluding hydrogens is 280 g/mol. The number of carbonyl (C=O) groups excluding carboxylic acids is 1. The molecule has 0 saturated carbocycles. The summed E-state index contributed by atoms with van der Waals surface area (Å²) in [5, 5.41) is 2.97. The van der Waals surface area contributed by atoms with Gasteiger partial charge in [-0.3, -0.25) is 4.79 Å². The molecule has 1 heterocycles. The Hall–Kier alpha value is -0.870. The predicted octanol–water partition coefficient (Wildman–Crippen LogP) is 1.45. The summed E-state index contributed by atoms with van der Waals surface area (Å²) in [4.78, 5) is 13.5. The first kappa shape index (κ1) is 12.6. The molecule has 1 aliphatic heterocycles. The number of anilines is 1. The summed E-state index contributed by atoms with van der Waals surface area (Å²) in [7, 11) is 0. The quantitative estimate of drug-likeness (QED) is 0.870. The Bertz CT molecular complexity index is 402. The van der Waals surface area contributed by atoms with Gasteiger partial charge in [0.05, 0.1) is 13.1 Å². The van der Waals surface area contributed by atoms with E-state index >= 15 is 0 Å². The summed E-state index contributed by atoms with van der Waals surface area (Å²) in [6, 6.07) is 7.74. The summed E-state index contributed by atoms with van der Waals surface area (Å²) in [6.07, 6.45) is 2.48. The van der Waals surface area contributed by atoms with Crippen molar-refractivity contribution in [3.8, 4) is 0 Å². The molecule has 1 fully saturated rings. The molecule has 0 aliphatic carbocycles. The average Bonchev–Trinajstić information content (AvgIpc) is 2.81. The van der Waals surface area contributed by atoms with Gasteiger partial charge < -0.3 is 10.2 Å². The third kappa shape index (κ3) is 3.30. The number of hydrogen-bond acceptors (Lipinski definition) is 1. The van der Waals surface area contributed by atoms with Gasteiger partial charge in [0, 0.05) is 23.0 Å². The zero-order valence-electron chi connectivity index (χ0n) is 10.0. The summed E-state index contributed by atoms with van der Waals surface area (Å²) in [6.45, 7) is 4.24. The van der Waals surface area contributed by atoms with Gasteiger partial charge in [-0.1, -0.05) is 22.0 Å². The van der Waals surface area contributed by atoms with Crippen molar-refractivity contribution in [3.63, 3.8) is 0 Å². The molecule has 2 rings (SSSR count). The standard InChI is InChI=1S/C13H17BrN2O/c1-10(16-7-2-3-8-16)13(17)15-12-6-4-5-11(14)9-12/h4-6,9-10H,2-3,7-8H2,1H3,(H,15,17)/p+1/t10-/m1/s1. The van der Waals surface area contributed by atoms with Gasteiger partial charge >= 0.3 is 0 Å². The van der Waals surface area contributed by atoms with Gasteiger partial charge in [-0.05, 0) is 25.1 Å². The molecule has 1 saturated heterocycles. The number of amides is 1. The predicted molar refractivity (Wildman–Crippen MR) is 72.2 cm³/mol. The number of rotatable bonds is 3. The Morgan fingerprint density at radius 3 is 2.76 bits per heavy atom. The number of halogens is 1. The van der Waals surface area contributed by atoms with Gasteiger partial charge in [0.15, 0.2) is 6.04 Å². The van der Waals surface area contributed by atoms with E-state index < -0.39 is 0 Å². The molecule has 0 bridgehead atoms. The molecule has 1 atom stereocenters. The fraction of sp³-hybridized carbons (Fsp3) is 0.462. The lowest BCUT2D eigenvalue weighted by Gasteiger charge is -2.20. The smallest absolute Gasteiger partial charge is 0.282 e. The third-order valence-electron chi connectivity index (χ3n) is 3.34. The highest BCUT2D eigenvalue weighted by Gasteiger charge is 2.27. The highest BCUT2D eigenvalue weighted by Crippen LogP contribution is 2.15. The zero-order chi connectivity index (χ0) is 12.3. The molecule has 17 heavy (non-hydrogen) atoms. The molecule has 4 heteroatoms. The van der Waals surface area contributed by atoms with Crippen LogP contribution in [-0.4, -0.2) is 25.0 Å². The van der Waals surface area contributed by atoms with E-state index in [9.17, 15) is 4.79 Å². The maximum absolute atomic E-state index is 12.1. The van der Waals surface area contributed by atoms with Crippen LogP contribution in [0.2, 0.25) is 0 Å².